The average Bonchev–Trinajstić information content (AvgIpc) is 3.19. The van der Waals surface area contributed by atoms with Gasteiger partial charge in [0.1, 0.15) is 11.5 Å². The Bertz CT molecular complexity index is 607. The summed E-state index contributed by atoms with van der Waals surface area (Å²) in [6.45, 7) is -0.909. The highest BCUT2D eigenvalue weighted by atomic mass is 19.3. The molecule has 0 unspecified atom stereocenters. The molecule has 0 amide bonds. The summed E-state index contributed by atoms with van der Waals surface area (Å²) >= 11 is 0. The first-order valence-corrected chi connectivity index (χ1v) is 9.30. The number of hydrogen-bond donors (Lipinski definition) is 2. The van der Waals surface area contributed by atoms with Crippen LogP contribution in [-0.4, -0.2) is 57.8 Å². The molecular weight excluding hydrogens is 354 g/mol. The molecule has 0 aliphatic heterocycles. The fourth-order valence-corrected chi connectivity index (χ4v) is 3.31. The van der Waals surface area contributed by atoms with Crippen molar-refractivity contribution in [2.45, 2.75) is 44.9 Å². The van der Waals surface area contributed by atoms with Crippen LogP contribution in [0.25, 0.3) is 0 Å². The van der Waals surface area contributed by atoms with E-state index in [0.29, 0.717) is 23.3 Å². The summed E-state index contributed by atoms with van der Waals surface area (Å²) in [7, 11) is 5.36. The summed E-state index contributed by atoms with van der Waals surface area (Å²) in [5, 5.41) is 6.39. The number of guanidine groups is 1. The molecule has 152 valence electrons. The normalized spacial score (nSPS) is 15.4. The van der Waals surface area contributed by atoms with Crippen LogP contribution in [0.5, 0.6) is 11.5 Å². The van der Waals surface area contributed by atoms with Crippen LogP contribution < -0.4 is 20.1 Å². The molecule has 1 aromatic carbocycles. The quantitative estimate of drug-likeness (QED) is 0.507. The minimum atomic E-state index is -2.87. The van der Waals surface area contributed by atoms with Crippen molar-refractivity contribution < 1.29 is 18.3 Å². The molecule has 0 aromatic heterocycles. The summed E-state index contributed by atoms with van der Waals surface area (Å²) in [6.07, 6.45) is 5.17. The smallest absolute Gasteiger partial charge is 0.387 e. The molecule has 2 N–H and O–H groups in total. The number of likely N-dealkylation sites (N-methyl/N-ethyl adjacent to an activating group) is 1. The molecule has 0 atom stereocenters. The van der Waals surface area contributed by atoms with Crippen molar-refractivity contribution in [1.29, 1.82) is 0 Å². The second-order valence-electron chi connectivity index (χ2n) is 6.62. The highest BCUT2D eigenvalue weighted by Gasteiger charge is 2.19. The zero-order valence-electron chi connectivity index (χ0n) is 16.3. The second-order valence-corrected chi connectivity index (χ2v) is 6.62. The van der Waals surface area contributed by atoms with Crippen molar-refractivity contribution >= 4 is 5.96 Å². The van der Waals surface area contributed by atoms with Crippen LogP contribution in [0, 0.1) is 0 Å². The standard InChI is InChI=1S/C19H30F2N4O2/c1-22-19(23-10-11-25(2)15-6-4-5-7-15)24-13-14-12-16(26-3)8-9-17(14)27-18(20)21/h8-9,12,15,18H,4-7,10-11,13H2,1-3H3,(H2,22,23,24). The van der Waals surface area contributed by atoms with Gasteiger partial charge >= 0.3 is 6.61 Å². The van der Waals surface area contributed by atoms with Crippen molar-refractivity contribution in [3.63, 3.8) is 0 Å². The van der Waals surface area contributed by atoms with Gasteiger partial charge in [-0.05, 0) is 38.1 Å². The Hall–Kier alpha value is -2.09. The van der Waals surface area contributed by atoms with Gasteiger partial charge < -0.3 is 25.0 Å². The Balaban J connectivity index is 1.85. The van der Waals surface area contributed by atoms with E-state index in [2.05, 4.69) is 32.3 Å². The van der Waals surface area contributed by atoms with E-state index in [4.69, 9.17) is 4.74 Å². The minimum absolute atomic E-state index is 0.120. The van der Waals surface area contributed by atoms with Crippen LogP contribution in [-0.2, 0) is 6.54 Å². The van der Waals surface area contributed by atoms with Crippen molar-refractivity contribution in [3.05, 3.63) is 23.8 Å². The third-order valence-corrected chi connectivity index (χ3v) is 4.86. The van der Waals surface area contributed by atoms with Crippen molar-refractivity contribution in [3.8, 4) is 11.5 Å². The Morgan fingerprint density at radius 3 is 2.67 bits per heavy atom. The lowest BCUT2D eigenvalue weighted by molar-refractivity contribution is -0.0504. The van der Waals surface area contributed by atoms with E-state index in [1.807, 2.05) is 0 Å². The third kappa shape index (κ3) is 6.86. The van der Waals surface area contributed by atoms with Crippen LogP contribution >= 0.6 is 0 Å². The summed E-state index contributed by atoms with van der Waals surface area (Å²) in [5.41, 5.74) is 0.570. The molecule has 0 saturated heterocycles. The molecule has 2 rings (SSSR count). The van der Waals surface area contributed by atoms with Crippen LogP contribution in [0.1, 0.15) is 31.2 Å². The van der Waals surface area contributed by atoms with Gasteiger partial charge in [0.15, 0.2) is 5.96 Å². The summed E-state index contributed by atoms with van der Waals surface area (Å²) in [6, 6.07) is 5.42. The average molecular weight is 384 g/mol. The molecule has 27 heavy (non-hydrogen) atoms. The maximum atomic E-state index is 12.6. The SMILES string of the molecule is CN=C(NCCN(C)C1CCCC1)NCc1cc(OC)ccc1OC(F)F. The topological polar surface area (TPSA) is 58.1 Å². The highest BCUT2D eigenvalue weighted by Crippen LogP contribution is 2.25. The maximum Gasteiger partial charge on any atom is 0.387 e. The lowest BCUT2D eigenvalue weighted by atomic mass is 10.2. The summed E-state index contributed by atoms with van der Waals surface area (Å²) in [4.78, 5) is 6.57. The number of benzene rings is 1. The molecule has 6 nitrogen and oxygen atoms in total. The first-order valence-electron chi connectivity index (χ1n) is 9.30. The van der Waals surface area contributed by atoms with Gasteiger partial charge in [0.25, 0.3) is 0 Å². The van der Waals surface area contributed by atoms with Gasteiger partial charge in [-0.1, -0.05) is 12.8 Å². The Morgan fingerprint density at radius 1 is 1.30 bits per heavy atom. The van der Waals surface area contributed by atoms with Crippen molar-refractivity contribution in [1.82, 2.24) is 15.5 Å². The number of halogens is 2. The number of alkyl halides is 2. The number of methoxy groups -OCH3 is 1. The number of aliphatic imine (C=N–C) groups is 1. The second kappa shape index (κ2) is 10.9. The number of hydrogen-bond acceptors (Lipinski definition) is 4. The number of ether oxygens (including phenoxy) is 2. The zero-order valence-corrected chi connectivity index (χ0v) is 16.3. The largest absolute Gasteiger partial charge is 0.497 e. The first-order chi connectivity index (χ1) is 13.0. The predicted molar refractivity (Wildman–Crippen MR) is 103 cm³/mol. The molecular formula is C19H30F2N4O2. The van der Waals surface area contributed by atoms with Crippen LogP contribution in [0.3, 0.4) is 0 Å². The number of nitrogens with zero attached hydrogens (tertiary/aromatic N) is 2. The zero-order chi connectivity index (χ0) is 19.6. The fraction of sp³-hybridized carbons (Fsp3) is 0.632. The van der Waals surface area contributed by atoms with Crippen LogP contribution in [0.4, 0.5) is 8.78 Å². The number of rotatable bonds is 9. The molecule has 1 aliphatic rings. The van der Waals surface area contributed by atoms with Gasteiger partial charge in [0.2, 0.25) is 0 Å². The van der Waals surface area contributed by atoms with Crippen LogP contribution in [0.2, 0.25) is 0 Å². The molecule has 1 fully saturated rings. The molecule has 0 bridgehead atoms. The predicted octanol–water partition coefficient (Wildman–Crippen LogP) is 2.84. The molecule has 0 heterocycles. The van der Waals surface area contributed by atoms with Gasteiger partial charge in [-0.15, -0.1) is 0 Å². The van der Waals surface area contributed by atoms with Crippen molar-refractivity contribution in [2.24, 2.45) is 4.99 Å². The van der Waals surface area contributed by atoms with E-state index >= 15 is 0 Å². The highest BCUT2D eigenvalue weighted by molar-refractivity contribution is 5.79. The van der Waals surface area contributed by atoms with Gasteiger partial charge in [-0.25, -0.2) is 0 Å². The van der Waals surface area contributed by atoms with Crippen LogP contribution in [0.15, 0.2) is 23.2 Å². The lowest BCUT2D eigenvalue weighted by Crippen LogP contribution is -2.42. The lowest BCUT2D eigenvalue weighted by Gasteiger charge is -2.24. The molecule has 0 spiro atoms. The molecule has 1 aliphatic carbocycles. The minimum Gasteiger partial charge on any atom is -0.497 e. The molecule has 1 aromatic rings. The third-order valence-electron chi connectivity index (χ3n) is 4.86. The van der Waals surface area contributed by atoms with Crippen molar-refractivity contribution in [2.75, 3.05) is 34.3 Å². The fourth-order valence-electron chi connectivity index (χ4n) is 3.31. The monoisotopic (exact) mass is 384 g/mol. The van der Waals surface area contributed by atoms with E-state index in [1.54, 1.807) is 19.2 Å². The molecule has 1 saturated carbocycles. The van der Waals surface area contributed by atoms with Gasteiger partial charge in [-0.2, -0.15) is 8.78 Å². The molecule has 8 heteroatoms. The van der Waals surface area contributed by atoms with E-state index in [9.17, 15) is 8.78 Å². The first kappa shape index (κ1) is 21.2. The number of nitrogens with one attached hydrogen (secondary N) is 2. The van der Waals surface area contributed by atoms with E-state index < -0.39 is 6.61 Å². The van der Waals surface area contributed by atoms with Gasteiger partial charge in [0, 0.05) is 38.3 Å². The van der Waals surface area contributed by atoms with Gasteiger partial charge in [0.05, 0.1) is 7.11 Å². The summed E-state index contributed by atoms with van der Waals surface area (Å²) in [5.74, 6) is 1.31. The maximum absolute atomic E-state index is 12.6. The Kier molecular flexibility index (Phi) is 8.57. The van der Waals surface area contributed by atoms with Gasteiger partial charge in [-0.3, -0.25) is 4.99 Å². The van der Waals surface area contributed by atoms with E-state index in [-0.39, 0.29) is 12.3 Å². The Labute approximate surface area is 159 Å². The summed E-state index contributed by atoms with van der Waals surface area (Å²) < 4.78 is 35.0. The van der Waals surface area contributed by atoms with E-state index in [0.717, 1.165) is 13.1 Å². The van der Waals surface area contributed by atoms with E-state index in [1.165, 1.54) is 38.9 Å². The molecule has 0 radical (unpaired) electrons. The Morgan fingerprint density at radius 2 is 2.04 bits per heavy atom.